The van der Waals surface area contributed by atoms with Gasteiger partial charge in [-0.3, -0.25) is 0 Å². The molecule has 0 spiro atoms. The van der Waals surface area contributed by atoms with Gasteiger partial charge in [0.1, 0.15) is 0 Å². The van der Waals surface area contributed by atoms with E-state index in [1.54, 1.807) is 0 Å². The SMILES string of the molecule is FC(F)(F)Cc1ccnnn1. The van der Waals surface area contributed by atoms with Gasteiger partial charge < -0.3 is 0 Å². The number of aromatic nitrogens is 3. The summed E-state index contributed by atoms with van der Waals surface area (Å²) in [6.45, 7) is 0. The van der Waals surface area contributed by atoms with Gasteiger partial charge in [0, 0.05) is 0 Å². The van der Waals surface area contributed by atoms with Crippen LogP contribution in [0, 0.1) is 0 Å². The Kier molecular flexibility index (Phi) is 2.02. The van der Waals surface area contributed by atoms with E-state index in [1.807, 2.05) is 0 Å². The minimum atomic E-state index is -4.23. The molecule has 0 amide bonds. The summed E-state index contributed by atoms with van der Waals surface area (Å²) < 4.78 is 35.0. The highest BCUT2D eigenvalue weighted by atomic mass is 19.4. The van der Waals surface area contributed by atoms with Crippen molar-refractivity contribution in [3.05, 3.63) is 18.0 Å². The molecule has 0 atom stereocenters. The fourth-order valence-electron chi connectivity index (χ4n) is 0.565. The summed E-state index contributed by atoms with van der Waals surface area (Å²) in [5, 5.41) is 9.50. The fourth-order valence-corrected chi connectivity index (χ4v) is 0.565. The van der Waals surface area contributed by atoms with E-state index >= 15 is 0 Å². The molecule has 0 unspecified atom stereocenters. The van der Waals surface area contributed by atoms with Gasteiger partial charge in [-0.15, -0.1) is 10.2 Å². The summed E-state index contributed by atoms with van der Waals surface area (Å²) in [6, 6.07) is 1.18. The quantitative estimate of drug-likeness (QED) is 0.619. The van der Waals surface area contributed by atoms with Crippen molar-refractivity contribution in [2.24, 2.45) is 0 Å². The Balaban J connectivity index is 2.66. The van der Waals surface area contributed by atoms with Crippen molar-refractivity contribution < 1.29 is 13.2 Å². The second-order valence-electron chi connectivity index (χ2n) is 1.90. The van der Waals surface area contributed by atoms with E-state index in [1.165, 1.54) is 12.3 Å². The molecule has 1 aromatic heterocycles. The van der Waals surface area contributed by atoms with Crippen molar-refractivity contribution in [1.82, 2.24) is 15.4 Å². The van der Waals surface area contributed by atoms with Gasteiger partial charge in [-0.2, -0.15) is 13.2 Å². The Bertz CT molecular complexity index is 220. The van der Waals surface area contributed by atoms with Gasteiger partial charge >= 0.3 is 6.18 Å². The van der Waals surface area contributed by atoms with Crippen molar-refractivity contribution in [2.45, 2.75) is 12.6 Å². The normalized spacial score (nSPS) is 11.5. The monoisotopic (exact) mass is 163 g/mol. The van der Waals surface area contributed by atoms with Crippen LogP contribution in [-0.4, -0.2) is 21.6 Å². The zero-order chi connectivity index (χ0) is 8.32. The van der Waals surface area contributed by atoms with Crippen LogP contribution in [0.1, 0.15) is 5.69 Å². The number of hydrogen-bond acceptors (Lipinski definition) is 3. The summed E-state index contributed by atoms with van der Waals surface area (Å²) in [7, 11) is 0. The van der Waals surface area contributed by atoms with Crippen LogP contribution in [0.2, 0.25) is 0 Å². The van der Waals surface area contributed by atoms with Gasteiger partial charge in [-0.05, 0) is 11.3 Å². The van der Waals surface area contributed by atoms with Crippen LogP contribution in [-0.2, 0) is 6.42 Å². The van der Waals surface area contributed by atoms with E-state index in [-0.39, 0.29) is 5.69 Å². The number of nitrogens with zero attached hydrogens (tertiary/aromatic N) is 3. The van der Waals surface area contributed by atoms with E-state index in [2.05, 4.69) is 15.4 Å². The van der Waals surface area contributed by atoms with Gasteiger partial charge in [0.25, 0.3) is 0 Å². The first-order valence-corrected chi connectivity index (χ1v) is 2.78. The summed E-state index contributed by atoms with van der Waals surface area (Å²) in [5.74, 6) is 0. The smallest absolute Gasteiger partial charge is 0.171 e. The largest absolute Gasteiger partial charge is 0.394 e. The van der Waals surface area contributed by atoms with Crippen molar-refractivity contribution in [3.8, 4) is 0 Å². The summed E-state index contributed by atoms with van der Waals surface area (Å²) in [6.07, 6.45) is -4.10. The number of rotatable bonds is 1. The molecule has 0 radical (unpaired) electrons. The minimum absolute atomic E-state index is 0.118. The van der Waals surface area contributed by atoms with E-state index in [4.69, 9.17) is 0 Å². The first-order valence-electron chi connectivity index (χ1n) is 2.78. The molecule has 0 fully saturated rings. The van der Waals surface area contributed by atoms with Crippen LogP contribution < -0.4 is 0 Å². The maximum Gasteiger partial charge on any atom is 0.394 e. The third-order valence-electron chi connectivity index (χ3n) is 0.940. The molecule has 0 saturated carbocycles. The van der Waals surface area contributed by atoms with Crippen LogP contribution in [0.25, 0.3) is 0 Å². The fraction of sp³-hybridized carbons (Fsp3) is 0.400. The highest BCUT2D eigenvalue weighted by Crippen LogP contribution is 2.18. The van der Waals surface area contributed by atoms with Gasteiger partial charge in [0.2, 0.25) is 0 Å². The van der Waals surface area contributed by atoms with Gasteiger partial charge in [-0.1, -0.05) is 0 Å². The molecule has 0 aliphatic heterocycles. The van der Waals surface area contributed by atoms with Crippen molar-refractivity contribution in [3.63, 3.8) is 0 Å². The molecular weight excluding hydrogens is 159 g/mol. The highest BCUT2D eigenvalue weighted by Gasteiger charge is 2.28. The van der Waals surface area contributed by atoms with E-state index in [0.29, 0.717) is 0 Å². The van der Waals surface area contributed by atoms with E-state index < -0.39 is 12.6 Å². The molecule has 1 heterocycles. The van der Waals surface area contributed by atoms with Crippen molar-refractivity contribution in [2.75, 3.05) is 0 Å². The van der Waals surface area contributed by atoms with E-state index in [9.17, 15) is 13.2 Å². The van der Waals surface area contributed by atoms with Gasteiger partial charge in [-0.25, -0.2) is 0 Å². The molecule has 3 nitrogen and oxygen atoms in total. The summed E-state index contributed by atoms with van der Waals surface area (Å²) >= 11 is 0. The van der Waals surface area contributed by atoms with Crippen LogP contribution in [0.3, 0.4) is 0 Å². The molecule has 0 aliphatic rings. The molecule has 0 bridgehead atoms. The van der Waals surface area contributed by atoms with Gasteiger partial charge in [0.05, 0.1) is 18.3 Å². The Morgan fingerprint density at radius 1 is 1.36 bits per heavy atom. The zero-order valence-electron chi connectivity index (χ0n) is 5.34. The van der Waals surface area contributed by atoms with Crippen molar-refractivity contribution >= 4 is 0 Å². The first-order chi connectivity index (χ1) is 5.08. The second kappa shape index (κ2) is 2.81. The molecule has 0 aromatic carbocycles. The minimum Gasteiger partial charge on any atom is -0.171 e. The predicted molar refractivity (Wildman–Crippen MR) is 29.6 cm³/mol. The molecule has 0 aliphatic carbocycles. The molecule has 0 saturated heterocycles. The lowest BCUT2D eigenvalue weighted by atomic mass is 10.3. The summed E-state index contributed by atoms with van der Waals surface area (Å²) in [4.78, 5) is 0. The Morgan fingerprint density at radius 2 is 2.09 bits per heavy atom. The standard InChI is InChI=1S/C5H4F3N3/c6-5(7,8)3-4-1-2-9-11-10-4/h1-2H,3H2. The Labute approximate surface area is 60.3 Å². The topological polar surface area (TPSA) is 38.7 Å². The van der Waals surface area contributed by atoms with Crippen molar-refractivity contribution in [1.29, 1.82) is 0 Å². The summed E-state index contributed by atoms with van der Waals surface area (Å²) in [5.41, 5.74) is -0.118. The molecule has 6 heteroatoms. The van der Waals surface area contributed by atoms with Crippen LogP contribution in [0.15, 0.2) is 12.3 Å². The second-order valence-corrected chi connectivity index (χ2v) is 1.90. The van der Waals surface area contributed by atoms with Crippen LogP contribution >= 0.6 is 0 Å². The lowest BCUT2D eigenvalue weighted by molar-refractivity contribution is -0.128. The first kappa shape index (κ1) is 7.90. The van der Waals surface area contributed by atoms with Gasteiger partial charge in [0.15, 0.2) is 0 Å². The average Bonchev–Trinajstić information content (AvgIpc) is 1.85. The maximum absolute atomic E-state index is 11.7. The van der Waals surface area contributed by atoms with Crippen LogP contribution in [0.5, 0.6) is 0 Å². The van der Waals surface area contributed by atoms with E-state index in [0.717, 1.165) is 0 Å². The number of halogens is 3. The lowest BCUT2D eigenvalue weighted by Gasteiger charge is -2.02. The number of alkyl halides is 3. The highest BCUT2D eigenvalue weighted by molar-refractivity contribution is 4.96. The Morgan fingerprint density at radius 3 is 2.55 bits per heavy atom. The Hall–Kier alpha value is -1.20. The maximum atomic E-state index is 11.7. The molecule has 0 N–H and O–H groups in total. The average molecular weight is 163 g/mol. The van der Waals surface area contributed by atoms with Crippen LogP contribution in [0.4, 0.5) is 13.2 Å². The molecule has 60 valence electrons. The molecular formula is C5H4F3N3. The number of hydrogen-bond donors (Lipinski definition) is 0. The predicted octanol–water partition coefficient (Wildman–Crippen LogP) is 0.976. The molecule has 1 aromatic rings. The lowest BCUT2D eigenvalue weighted by Crippen LogP contribution is -2.13. The molecule has 1 rings (SSSR count). The zero-order valence-corrected chi connectivity index (χ0v) is 5.34. The third kappa shape index (κ3) is 2.92. The molecule has 11 heavy (non-hydrogen) atoms. The third-order valence-corrected chi connectivity index (χ3v) is 0.940.